The van der Waals surface area contributed by atoms with E-state index in [-0.39, 0.29) is 18.0 Å². The molecule has 6 heteroatoms. The van der Waals surface area contributed by atoms with E-state index in [1.54, 1.807) is 12.0 Å². The van der Waals surface area contributed by atoms with Crippen molar-refractivity contribution >= 4 is 11.9 Å². The predicted molar refractivity (Wildman–Crippen MR) is 90.2 cm³/mol. The Bertz CT molecular complexity index is 731. The Kier molecular flexibility index (Phi) is 3.85. The van der Waals surface area contributed by atoms with Crippen LogP contribution in [0.4, 0.5) is 4.79 Å². The van der Waals surface area contributed by atoms with Gasteiger partial charge in [-0.3, -0.25) is 4.79 Å². The summed E-state index contributed by atoms with van der Waals surface area (Å²) in [5.74, 6) is 1.64. The van der Waals surface area contributed by atoms with Gasteiger partial charge in [-0.1, -0.05) is 6.07 Å². The van der Waals surface area contributed by atoms with Crippen LogP contribution in [-0.4, -0.2) is 50.2 Å². The molecular formula is C19H23NO5. The largest absolute Gasteiger partial charge is 0.493 e. The molecule has 0 bridgehead atoms. The van der Waals surface area contributed by atoms with Gasteiger partial charge < -0.3 is 19.1 Å². The first-order chi connectivity index (χ1) is 12.1. The number of carbonyl (C=O) groups excluding carboxylic acids is 2. The van der Waals surface area contributed by atoms with Crippen molar-refractivity contribution in [2.75, 3.05) is 27.3 Å². The molecule has 1 aromatic rings. The molecule has 0 N–H and O–H groups in total. The van der Waals surface area contributed by atoms with E-state index in [9.17, 15) is 9.59 Å². The van der Waals surface area contributed by atoms with E-state index >= 15 is 0 Å². The minimum absolute atomic E-state index is 0.170. The van der Waals surface area contributed by atoms with Crippen molar-refractivity contribution in [3.63, 3.8) is 0 Å². The van der Waals surface area contributed by atoms with Crippen molar-refractivity contribution in [3.05, 3.63) is 23.3 Å². The summed E-state index contributed by atoms with van der Waals surface area (Å²) in [6.45, 7) is 1.06. The average molecular weight is 345 g/mol. The van der Waals surface area contributed by atoms with Crippen molar-refractivity contribution in [2.45, 2.75) is 43.6 Å². The summed E-state index contributed by atoms with van der Waals surface area (Å²) in [7, 11) is 3.02. The smallest absolute Gasteiger partial charge is 0.409 e. The maximum absolute atomic E-state index is 13.1. The van der Waals surface area contributed by atoms with E-state index in [1.807, 2.05) is 12.1 Å². The number of nitrogens with zero attached hydrogens (tertiary/aromatic N) is 1. The van der Waals surface area contributed by atoms with Gasteiger partial charge in [0.05, 0.1) is 19.6 Å². The summed E-state index contributed by atoms with van der Waals surface area (Å²) in [5, 5.41) is 0. The lowest BCUT2D eigenvalue weighted by Crippen LogP contribution is -2.52. The summed E-state index contributed by atoms with van der Waals surface area (Å²) in [4.78, 5) is 26.9. The number of ketones is 1. The lowest BCUT2D eigenvalue weighted by Gasteiger charge is -2.40. The molecule has 0 aromatic heterocycles. The first-order valence-electron chi connectivity index (χ1n) is 8.85. The number of benzene rings is 1. The molecule has 6 nitrogen and oxygen atoms in total. The van der Waals surface area contributed by atoms with Crippen LogP contribution in [0.25, 0.3) is 0 Å². The zero-order chi connectivity index (χ0) is 17.6. The summed E-state index contributed by atoms with van der Waals surface area (Å²) in [6.07, 6.45) is 2.99. The number of Topliss-reactive ketones (excluding diaryl/α,β-unsaturated/α-hetero) is 1. The summed E-state index contributed by atoms with van der Waals surface area (Å²) < 4.78 is 16.7. The van der Waals surface area contributed by atoms with Gasteiger partial charge in [0.2, 0.25) is 0 Å². The first-order valence-corrected chi connectivity index (χ1v) is 8.85. The maximum Gasteiger partial charge on any atom is 0.409 e. The molecule has 2 atom stereocenters. The fourth-order valence-corrected chi connectivity index (χ4v) is 4.69. The Labute approximate surface area is 147 Å². The molecule has 0 radical (unpaired) electrons. The fraction of sp³-hybridized carbons (Fsp3) is 0.579. The number of rotatable bonds is 1. The molecule has 1 aliphatic carbocycles. The second-order valence-electron chi connectivity index (χ2n) is 6.98. The predicted octanol–water partition coefficient (Wildman–Crippen LogP) is 2.46. The van der Waals surface area contributed by atoms with Crippen LogP contribution in [0, 0.1) is 0 Å². The summed E-state index contributed by atoms with van der Waals surface area (Å²) in [6, 6.07) is 3.90. The van der Waals surface area contributed by atoms with Crippen LogP contribution in [0.15, 0.2) is 12.1 Å². The molecule has 0 saturated heterocycles. The van der Waals surface area contributed by atoms with Crippen molar-refractivity contribution < 1.29 is 23.8 Å². The van der Waals surface area contributed by atoms with Crippen LogP contribution in [-0.2, 0) is 21.4 Å². The van der Waals surface area contributed by atoms with E-state index in [0.717, 1.165) is 29.7 Å². The van der Waals surface area contributed by atoms with Gasteiger partial charge in [0, 0.05) is 25.1 Å². The molecular weight excluding hydrogens is 322 g/mol. The van der Waals surface area contributed by atoms with Gasteiger partial charge in [-0.05, 0) is 37.3 Å². The van der Waals surface area contributed by atoms with Crippen LogP contribution >= 0.6 is 0 Å². The molecule has 25 heavy (non-hydrogen) atoms. The van der Waals surface area contributed by atoms with Crippen LogP contribution < -0.4 is 9.47 Å². The quantitative estimate of drug-likeness (QED) is 0.782. The van der Waals surface area contributed by atoms with E-state index in [1.165, 1.54) is 7.11 Å². The van der Waals surface area contributed by atoms with Crippen LogP contribution in [0.1, 0.15) is 36.8 Å². The number of methoxy groups -OCH3 is 2. The Morgan fingerprint density at radius 3 is 2.88 bits per heavy atom. The summed E-state index contributed by atoms with van der Waals surface area (Å²) >= 11 is 0. The molecule has 1 saturated carbocycles. The van der Waals surface area contributed by atoms with E-state index in [4.69, 9.17) is 14.2 Å². The Balaban J connectivity index is 1.86. The third-order valence-electron chi connectivity index (χ3n) is 5.91. The number of hydrogen-bond donors (Lipinski definition) is 0. The van der Waals surface area contributed by atoms with Crippen molar-refractivity contribution in [3.8, 4) is 11.5 Å². The molecule has 1 aromatic carbocycles. The molecule has 1 fully saturated rings. The van der Waals surface area contributed by atoms with Crippen LogP contribution in [0.3, 0.4) is 0 Å². The van der Waals surface area contributed by atoms with Gasteiger partial charge in [-0.25, -0.2) is 4.79 Å². The second-order valence-corrected chi connectivity index (χ2v) is 6.98. The maximum atomic E-state index is 13.1. The zero-order valence-electron chi connectivity index (χ0n) is 14.7. The number of amides is 1. The molecule has 4 rings (SSSR count). The van der Waals surface area contributed by atoms with E-state index in [0.29, 0.717) is 38.1 Å². The van der Waals surface area contributed by atoms with Crippen LogP contribution in [0.5, 0.6) is 11.5 Å². The van der Waals surface area contributed by atoms with E-state index < -0.39 is 5.41 Å². The third kappa shape index (κ3) is 2.23. The zero-order valence-corrected chi connectivity index (χ0v) is 14.7. The number of hydrogen-bond acceptors (Lipinski definition) is 5. The highest BCUT2D eigenvalue weighted by molar-refractivity contribution is 5.94. The molecule has 134 valence electrons. The second kappa shape index (κ2) is 5.93. The molecule has 3 aliphatic rings. The monoisotopic (exact) mass is 345 g/mol. The highest BCUT2D eigenvalue weighted by Gasteiger charge is 2.57. The minimum Gasteiger partial charge on any atom is -0.493 e. The summed E-state index contributed by atoms with van der Waals surface area (Å²) in [5.41, 5.74) is 1.41. The molecule has 1 spiro atoms. The SMILES string of the molecule is COC(=O)N1CCc2ccc(OC)c3c2C2(CC1)C(=O)CCCC2O3. The highest BCUT2D eigenvalue weighted by atomic mass is 16.5. The van der Waals surface area contributed by atoms with Gasteiger partial charge in [0.15, 0.2) is 11.5 Å². The van der Waals surface area contributed by atoms with Gasteiger partial charge in [-0.15, -0.1) is 0 Å². The topological polar surface area (TPSA) is 65.1 Å². The number of carbonyl (C=O) groups is 2. The normalized spacial score (nSPS) is 27.5. The van der Waals surface area contributed by atoms with E-state index in [2.05, 4.69) is 0 Å². The molecule has 2 aliphatic heterocycles. The minimum atomic E-state index is -0.663. The highest BCUT2D eigenvalue weighted by Crippen LogP contribution is 2.55. The van der Waals surface area contributed by atoms with Gasteiger partial charge in [0.1, 0.15) is 11.9 Å². The first kappa shape index (κ1) is 16.2. The van der Waals surface area contributed by atoms with Crippen molar-refractivity contribution in [2.24, 2.45) is 0 Å². The Morgan fingerprint density at radius 1 is 1.28 bits per heavy atom. The van der Waals surface area contributed by atoms with Crippen molar-refractivity contribution in [1.82, 2.24) is 4.90 Å². The lowest BCUT2D eigenvalue weighted by molar-refractivity contribution is -0.130. The standard InChI is InChI=1S/C19H23NO5/c1-23-13-7-6-12-8-10-20(18(22)24-2)11-9-19-14(21)4-3-5-15(19)25-17(13)16(12)19/h6-7,15H,3-5,8-11H2,1-2H3. The van der Waals surface area contributed by atoms with Gasteiger partial charge in [0.25, 0.3) is 0 Å². The fourth-order valence-electron chi connectivity index (χ4n) is 4.69. The molecule has 1 amide bonds. The molecule has 2 heterocycles. The van der Waals surface area contributed by atoms with Gasteiger partial charge >= 0.3 is 6.09 Å². The van der Waals surface area contributed by atoms with Crippen molar-refractivity contribution in [1.29, 1.82) is 0 Å². The van der Waals surface area contributed by atoms with Gasteiger partial charge in [-0.2, -0.15) is 0 Å². The van der Waals surface area contributed by atoms with Crippen LogP contribution in [0.2, 0.25) is 0 Å². The third-order valence-corrected chi connectivity index (χ3v) is 5.91. The molecule has 2 unspecified atom stereocenters. The Morgan fingerprint density at radius 2 is 2.12 bits per heavy atom. The number of ether oxygens (including phenoxy) is 3. The Hall–Kier alpha value is -2.24. The lowest BCUT2D eigenvalue weighted by atomic mass is 9.64. The average Bonchev–Trinajstić information content (AvgIpc) is 2.95.